The number of benzene rings is 4. The minimum absolute atomic E-state index is 0.253. The van der Waals surface area contributed by atoms with Gasteiger partial charge in [0.1, 0.15) is 23.0 Å². The lowest BCUT2D eigenvalue weighted by Crippen LogP contribution is -2.15. The molecule has 4 aromatic rings. The lowest BCUT2D eigenvalue weighted by molar-refractivity contribution is -0.137. The molecule has 9 heteroatoms. The van der Waals surface area contributed by atoms with E-state index >= 15 is 0 Å². The zero-order valence-corrected chi connectivity index (χ0v) is 43.1. The maximum atomic E-state index is 13.1. The van der Waals surface area contributed by atoms with Gasteiger partial charge in [0.05, 0.1) is 35.9 Å². The molecule has 0 radical (unpaired) electrons. The Labute approximate surface area is 423 Å². The van der Waals surface area contributed by atoms with E-state index in [-0.39, 0.29) is 17.8 Å². The maximum Gasteiger partial charge on any atom is 0.344 e. The number of rotatable bonds is 34. The Morgan fingerprint density at radius 2 is 0.771 bits per heavy atom. The molecule has 0 spiro atoms. The Kier molecular flexibility index (Phi) is 25.0. The van der Waals surface area contributed by atoms with Crippen LogP contribution in [0, 0.1) is 5.92 Å². The number of unbranched alkanes of at least 4 members (excludes halogenated alkanes) is 18. The maximum absolute atomic E-state index is 13.1. The van der Waals surface area contributed by atoms with Gasteiger partial charge in [-0.1, -0.05) is 173 Å². The third-order valence-electron chi connectivity index (χ3n) is 12.7. The van der Waals surface area contributed by atoms with Crippen molar-refractivity contribution in [1.82, 2.24) is 0 Å². The molecule has 0 aromatic heterocycles. The van der Waals surface area contributed by atoms with Gasteiger partial charge in [-0.25, -0.2) is 14.4 Å². The molecule has 0 unspecified atom stereocenters. The van der Waals surface area contributed by atoms with Gasteiger partial charge in [-0.15, -0.1) is 11.8 Å². The normalized spacial score (nSPS) is 14.1. The lowest BCUT2D eigenvalue weighted by Gasteiger charge is -2.23. The first-order chi connectivity index (χ1) is 34.2. The molecule has 0 fully saturated rings. The van der Waals surface area contributed by atoms with Crippen LogP contribution in [0.25, 0.3) is 11.1 Å². The predicted octanol–water partition coefficient (Wildman–Crippen LogP) is 16.6. The number of hydrogen-bond donors (Lipinski definition) is 0. The summed E-state index contributed by atoms with van der Waals surface area (Å²) in [6.45, 7) is 16.8. The zero-order valence-electron chi connectivity index (χ0n) is 42.3. The number of ether oxygens (including phenoxy) is 5. The molecule has 8 nitrogen and oxygen atoms in total. The fourth-order valence-electron chi connectivity index (χ4n) is 8.49. The predicted molar refractivity (Wildman–Crippen MR) is 288 cm³/mol. The molecule has 4 aromatic carbocycles. The van der Waals surface area contributed by atoms with Gasteiger partial charge in [0.25, 0.3) is 0 Å². The summed E-state index contributed by atoms with van der Waals surface area (Å²) < 4.78 is 28.7. The number of allylic oxidation sites excluding steroid dienone is 2. The molecule has 70 heavy (non-hydrogen) atoms. The Balaban J connectivity index is 1.08. The molecule has 1 aliphatic heterocycles. The van der Waals surface area contributed by atoms with Gasteiger partial charge in [0.2, 0.25) is 0 Å². The van der Waals surface area contributed by atoms with Crippen LogP contribution in [0.1, 0.15) is 181 Å². The SMILES string of the molecule is C=C(c1ccc(OC(=O)c2ccc(OCCCCCCCCCCCC)cc2)cc1)[C@H]1C=C(C(=O)OCC)S[C@@H]1C(=C)c1ccc(OC(=O)c2ccc(OCCCCCCCCCCCC)cc2)cc1. The van der Waals surface area contributed by atoms with E-state index in [2.05, 4.69) is 27.0 Å². The largest absolute Gasteiger partial charge is 0.494 e. The van der Waals surface area contributed by atoms with Crippen molar-refractivity contribution < 1.29 is 38.1 Å². The summed E-state index contributed by atoms with van der Waals surface area (Å²) in [5, 5.41) is -0.273. The third kappa shape index (κ3) is 19.0. The van der Waals surface area contributed by atoms with Crippen LogP contribution in [-0.4, -0.2) is 43.0 Å². The summed E-state index contributed by atoms with van der Waals surface area (Å²) in [4.78, 5) is 39.6. The molecule has 0 bridgehead atoms. The van der Waals surface area contributed by atoms with Crippen molar-refractivity contribution in [3.05, 3.63) is 143 Å². The first-order valence-electron chi connectivity index (χ1n) is 26.2. The number of hydrogen-bond acceptors (Lipinski definition) is 9. The summed E-state index contributed by atoms with van der Waals surface area (Å²) in [6.07, 6.45) is 27.4. The second-order valence-corrected chi connectivity index (χ2v) is 19.5. The van der Waals surface area contributed by atoms with Crippen molar-refractivity contribution in [3.63, 3.8) is 0 Å². The van der Waals surface area contributed by atoms with Gasteiger partial charge in [-0.2, -0.15) is 0 Å². The van der Waals surface area contributed by atoms with Crippen LogP contribution in [0.4, 0.5) is 0 Å². The molecular formula is C61H78O8S. The second-order valence-electron chi connectivity index (χ2n) is 18.3. The highest BCUT2D eigenvalue weighted by atomic mass is 32.2. The minimum Gasteiger partial charge on any atom is -0.494 e. The van der Waals surface area contributed by atoms with E-state index in [1.165, 1.54) is 114 Å². The molecule has 376 valence electrons. The van der Waals surface area contributed by atoms with Crippen LogP contribution in [-0.2, 0) is 9.53 Å². The Morgan fingerprint density at radius 1 is 0.429 bits per heavy atom. The number of carbonyl (C=O) groups excluding carboxylic acids is 3. The van der Waals surface area contributed by atoms with Crippen LogP contribution in [0.15, 0.2) is 121 Å². The van der Waals surface area contributed by atoms with E-state index in [4.69, 9.17) is 23.7 Å². The first kappa shape index (κ1) is 55.4. The molecule has 0 saturated heterocycles. The van der Waals surface area contributed by atoms with Gasteiger partial charge in [0.15, 0.2) is 0 Å². The fourth-order valence-corrected chi connectivity index (χ4v) is 9.81. The summed E-state index contributed by atoms with van der Waals surface area (Å²) in [7, 11) is 0. The average Bonchev–Trinajstić information content (AvgIpc) is 3.84. The third-order valence-corrected chi connectivity index (χ3v) is 14.1. The van der Waals surface area contributed by atoms with E-state index in [0.29, 0.717) is 40.7 Å². The standard InChI is InChI=1S/C61H78O8S/c1-6-9-11-13-15-17-19-21-23-25-43-66-52-35-31-50(32-36-52)59(62)68-54-39-27-48(28-40-54)46(4)56-45-57(61(64)65-8-3)70-58(56)47(5)49-29-41-55(42-30-49)69-60(63)51-33-37-53(38-34-51)67-44-26-24-22-20-18-16-14-12-10-7-2/h27-42,45,56,58H,4-26,43-44H2,1-3H3/t56-,58-/m1/s1. The van der Waals surface area contributed by atoms with E-state index < -0.39 is 17.9 Å². The molecule has 0 saturated carbocycles. The molecule has 1 heterocycles. The number of carbonyl (C=O) groups is 3. The number of esters is 3. The van der Waals surface area contributed by atoms with E-state index in [9.17, 15) is 14.4 Å². The average molecular weight is 971 g/mol. The number of thioether (sulfide) groups is 1. The smallest absolute Gasteiger partial charge is 0.344 e. The van der Waals surface area contributed by atoms with Crippen molar-refractivity contribution in [2.75, 3.05) is 19.8 Å². The molecule has 1 aliphatic rings. The highest BCUT2D eigenvalue weighted by Gasteiger charge is 2.36. The molecule has 5 rings (SSSR count). The fraction of sp³-hybridized carbons (Fsp3) is 0.459. The van der Waals surface area contributed by atoms with Crippen molar-refractivity contribution >= 4 is 40.8 Å². The van der Waals surface area contributed by atoms with Gasteiger partial charge < -0.3 is 23.7 Å². The van der Waals surface area contributed by atoms with Crippen LogP contribution in [0.3, 0.4) is 0 Å². The van der Waals surface area contributed by atoms with E-state index in [1.54, 1.807) is 67.6 Å². The van der Waals surface area contributed by atoms with Crippen LogP contribution >= 0.6 is 11.8 Å². The van der Waals surface area contributed by atoms with Crippen LogP contribution in [0.5, 0.6) is 23.0 Å². The Morgan fingerprint density at radius 3 is 1.16 bits per heavy atom. The van der Waals surface area contributed by atoms with Crippen molar-refractivity contribution in [2.24, 2.45) is 5.92 Å². The van der Waals surface area contributed by atoms with Gasteiger partial charge in [0, 0.05) is 11.2 Å². The highest BCUT2D eigenvalue weighted by Crippen LogP contribution is 2.48. The zero-order chi connectivity index (χ0) is 49.8. The topological polar surface area (TPSA) is 97.4 Å². The van der Waals surface area contributed by atoms with Crippen molar-refractivity contribution in [1.29, 1.82) is 0 Å². The van der Waals surface area contributed by atoms with Gasteiger partial charge in [-0.05, 0) is 115 Å². The summed E-state index contributed by atoms with van der Waals surface area (Å²) in [6, 6.07) is 28.5. The summed E-state index contributed by atoms with van der Waals surface area (Å²) >= 11 is 1.39. The Hall–Kier alpha value is -5.54. The monoisotopic (exact) mass is 971 g/mol. The van der Waals surface area contributed by atoms with Crippen LogP contribution in [0.2, 0.25) is 0 Å². The van der Waals surface area contributed by atoms with E-state index in [1.807, 2.05) is 42.5 Å². The summed E-state index contributed by atoms with van der Waals surface area (Å²) in [5.74, 6) is 0.642. The molecule has 0 N–H and O–H groups in total. The second kappa shape index (κ2) is 31.6. The van der Waals surface area contributed by atoms with Crippen molar-refractivity contribution in [2.45, 2.75) is 154 Å². The molecular weight excluding hydrogens is 893 g/mol. The van der Waals surface area contributed by atoms with Gasteiger partial charge in [-0.3, -0.25) is 0 Å². The summed E-state index contributed by atoms with van der Waals surface area (Å²) in [5.41, 5.74) is 4.05. The van der Waals surface area contributed by atoms with Crippen molar-refractivity contribution in [3.8, 4) is 23.0 Å². The highest BCUT2D eigenvalue weighted by molar-refractivity contribution is 8.05. The van der Waals surface area contributed by atoms with Crippen LogP contribution < -0.4 is 18.9 Å². The van der Waals surface area contributed by atoms with E-state index in [0.717, 1.165) is 59.5 Å². The molecule has 0 aliphatic carbocycles. The Bertz CT molecular complexity index is 2230. The molecule has 0 amide bonds. The molecule has 2 atom stereocenters. The first-order valence-corrected chi connectivity index (χ1v) is 27.1. The van der Waals surface area contributed by atoms with Gasteiger partial charge >= 0.3 is 17.9 Å². The quantitative estimate of drug-likeness (QED) is 0.0257. The lowest BCUT2D eigenvalue weighted by atomic mass is 9.86. The minimum atomic E-state index is -0.465.